The molecule has 0 saturated heterocycles. The summed E-state index contributed by atoms with van der Waals surface area (Å²) in [4.78, 5) is 11.3. The average Bonchev–Trinajstić information content (AvgIpc) is 2.35. The van der Waals surface area contributed by atoms with Gasteiger partial charge in [0.25, 0.3) is 0 Å². The van der Waals surface area contributed by atoms with E-state index in [0.29, 0.717) is 18.6 Å². The van der Waals surface area contributed by atoms with Crippen molar-refractivity contribution >= 4 is 5.78 Å². The molecule has 0 unspecified atom stereocenters. The van der Waals surface area contributed by atoms with Crippen LogP contribution in [0.5, 0.6) is 0 Å². The molecule has 16 heavy (non-hydrogen) atoms. The molecule has 2 rings (SSSR count). The fourth-order valence-electron chi connectivity index (χ4n) is 2.40. The summed E-state index contributed by atoms with van der Waals surface area (Å²) in [5.41, 5.74) is 4.38. The van der Waals surface area contributed by atoms with Gasteiger partial charge in [-0.3, -0.25) is 4.79 Å². The zero-order chi connectivity index (χ0) is 11.4. The maximum absolute atomic E-state index is 11.3. The number of carbonyl (C=O) groups is 1. The minimum absolute atomic E-state index is 0.373. The molecular weight excluding hydrogens is 196 g/mol. The van der Waals surface area contributed by atoms with Gasteiger partial charge in [-0.1, -0.05) is 25.1 Å². The molecule has 1 heteroatoms. The second-order valence-electron chi connectivity index (χ2n) is 4.70. The molecule has 86 valence electrons. The van der Waals surface area contributed by atoms with E-state index in [1.54, 1.807) is 0 Å². The Labute approximate surface area is 97.9 Å². The molecule has 1 nitrogen and oxygen atoms in total. The highest BCUT2D eigenvalue weighted by molar-refractivity contribution is 5.78. The van der Waals surface area contributed by atoms with Crippen LogP contribution in [-0.2, 0) is 24.1 Å². The van der Waals surface area contributed by atoms with E-state index < -0.39 is 0 Å². The van der Waals surface area contributed by atoms with E-state index in [2.05, 4.69) is 18.2 Å². The summed E-state index contributed by atoms with van der Waals surface area (Å²) < 4.78 is 0. The highest BCUT2D eigenvalue weighted by Gasteiger charge is 2.09. The van der Waals surface area contributed by atoms with Crippen LogP contribution in [0, 0.1) is 0 Å². The summed E-state index contributed by atoms with van der Waals surface area (Å²) >= 11 is 0. The predicted molar refractivity (Wildman–Crippen MR) is 66.7 cm³/mol. The van der Waals surface area contributed by atoms with E-state index in [9.17, 15) is 4.79 Å². The molecule has 0 fully saturated rings. The summed E-state index contributed by atoms with van der Waals surface area (Å²) in [5.74, 6) is 0.373. The van der Waals surface area contributed by atoms with E-state index >= 15 is 0 Å². The Hall–Kier alpha value is -1.11. The van der Waals surface area contributed by atoms with Crippen molar-refractivity contribution in [1.29, 1.82) is 0 Å². The lowest BCUT2D eigenvalue weighted by Crippen LogP contribution is -2.04. The van der Waals surface area contributed by atoms with Gasteiger partial charge in [0.2, 0.25) is 0 Å². The minimum Gasteiger partial charge on any atom is -0.300 e. The number of hydrogen-bond acceptors (Lipinski definition) is 1. The molecule has 1 aliphatic rings. The van der Waals surface area contributed by atoms with Crippen molar-refractivity contribution in [3.05, 3.63) is 34.9 Å². The minimum atomic E-state index is 0.373. The van der Waals surface area contributed by atoms with Crippen LogP contribution in [0.2, 0.25) is 0 Å². The largest absolute Gasteiger partial charge is 0.300 e. The quantitative estimate of drug-likeness (QED) is 0.753. The van der Waals surface area contributed by atoms with E-state index in [1.165, 1.54) is 42.4 Å². The van der Waals surface area contributed by atoms with Gasteiger partial charge in [-0.2, -0.15) is 0 Å². The first-order chi connectivity index (χ1) is 7.79. The van der Waals surface area contributed by atoms with Crippen LogP contribution in [0.15, 0.2) is 18.2 Å². The van der Waals surface area contributed by atoms with Crippen LogP contribution < -0.4 is 0 Å². The molecule has 1 aromatic rings. The Morgan fingerprint density at radius 1 is 1.19 bits per heavy atom. The lowest BCUT2D eigenvalue weighted by molar-refractivity contribution is -0.118. The Morgan fingerprint density at radius 3 is 2.69 bits per heavy atom. The van der Waals surface area contributed by atoms with Crippen molar-refractivity contribution in [2.24, 2.45) is 0 Å². The fourth-order valence-corrected chi connectivity index (χ4v) is 2.40. The van der Waals surface area contributed by atoms with E-state index in [4.69, 9.17) is 0 Å². The number of rotatable bonds is 4. The third-order valence-electron chi connectivity index (χ3n) is 3.50. The number of fused-ring (bicyclic) bond motifs is 1. The Morgan fingerprint density at radius 2 is 1.94 bits per heavy atom. The summed E-state index contributed by atoms with van der Waals surface area (Å²) in [7, 11) is 0. The standard InChI is InChI=1S/C15H20O/c1-2-15(16)10-8-12-7-9-13-5-3-4-6-14(13)11-12/h7,9,11H,2-6,8,10H2,1H3. The fraction of sp³-hybridized carbons (Fsp3) is 0.533. The van der Waals surface area contributed by atoms with Crippen molar-refractivity contribution < 1.29 is 4.79 Å². The first-order valence-corrected chi connectivity index (χ1v) is 6.42. The smallest absolute Gasteiger partial charge is 0.132 e. The van der Waals surface area contributed by atoms with Crippen molar-refractivity contribution in [2.45, 2.75) is 51.9 Å². The van der Waals surface area contributed by atoms with Crippen LogP contribution in [0.4, 0.5) is 0 Å². The molecule has 1 aliphatic carbocycles. The highest BCUT2D eigenvalue weighted by Crippen LogP contribution is 2.22. The van der Waals surface area contributed by atoms with Crippen LogP contribution in [0.3, 0.4) is 0 Å². The number of ketones is 1. The Bertz CT molecular complexity index is 379. The molecule has 1 aromatic carbocycles. The van der Waals surface area contributed by atoms with Crippen molar-refractivity contribution in [1.82, 2.24) is 0 Å². The van der Waals surface area contributed by atoms with Crippen molar-refractivity contribution in [2.75, 3.05) is 0 Å². The van der Waals surface area contributed by atoms with Gasteiger partial charge in [0.1, 0.15) is 5.78 Å². The number of carbonyl (C=O) groups excluding carboxylic acids is 1. The molecule has 0 saturated carbocycles. The lowest BCUT2D eigenvalue weighted by atomic mass is 9.89. The van der Waals surface area contributed by atoms with Crippen molar-refractivity contribution in [3.8, 4) is 0 Å². The average molecular weight is 216 g/mol. The number of benzene rings is 1. The second-order valence-corrected chi connectivity index (χ2v) is 4.70. The van der Waals surface area contributed by atoms with E-state index in [0.717, 1.165) is 6.42 Å². The molecule has 0 spiro atoms. The van der Waals surface area contributed by atoms with Crippen LogP contribution in [-0.4, -0.2) is 5.78 Å². The van der Waals surface area contributed by atoms with Gasteiger partial charge in [-0.05, 0) is 48.8 Å². The third kappa shape index (κ3) is 2.72. The molecule has 0 amide bonds. The first-order valence-electron chi connectivity index (χ1n) is 6.42. The van der Waals surface area contributed by atoms with Gasteiger partial charge in [0.05, 0.1) is 0 Å². The molecule has 0 atom stereocenters. The van der Waals surface area contributed by atoms with Crippen LogP contribution >= 0.6 is 0 Å². The van der Waals surface area contributed by atoms with Gasteiger partial charge < -0.3 is 0 Å². The summed E-state index contributed by atoms with van der Waals surface area (Å²) in [6.07, 6.45) is 7.42. The topological polar surface area (TPSA) is 17.1 Å². The molecule has 0 heterocycles. The highest BCUT2D eigenvalue weighted by atomic mass is 16.1. The van der Waals surface area contributed by atoms with Gasteiger partial charge in [-0.25, -0.2) is 0 Å². The maximum atomic E-state index is 11.3. The molecule has 0 bridgehead atoms. The summed E-state index contributed by atoms with van der Waals surface area (Å²) in [6, 6.07) is 6.78. The van der Waals surface area contributed by atoms with Gasteiger partial charge >= 0.3 is 0 Å². The van der Waals surface area contributed by atoms with E-state index in [1.807, 2.05) is 6.92 Å². The van der Waals surface area contributed by atoms with Gasteiger partial charge in [0, 0.05) is 12.8 Å². The summed E-state index contributed by atoms with van der Waals surface area (Å²) in [6.45, 7) is 1.94. The first kappa shape index (κ1) is 11.4. The molecule has 0 N–H and O–H groups in total. The zero-order valence-electron chi connectivity index (χ0n) is 10.1. The van der Waals surface area contributed by atoms with Gasteiger partial charge in [0.15, 0.2) is 0 Å². The third-order valence-corrected chi connectivity index (χ3v) is 3.50. The number of Topliss-reactive ketones (excluding diaryl/α,β-unsaturated/α-hetero) is 1. The maximum Gasteiger partial charge on any atom is 0.132 e. The second kappa shape index (κ2) is 5.29. The normalized spacial score (nSPS) is 14.6. The lowest BCUT2D eigenvalue weighted by Gasteiger charge is -2.16. The van der Waals surface area contributed by atoms with E-state index in [-0.39, 0.29) is 0 Å². The van der Waals surface area contributed by atoms with Crippen LogP contribution in [0.1, 0.15) is 49.3 Å². The SMILES string of the molecule is CCC(=O)CCc1ccc2c(c1)CCCC2. The van der Waals surface area contributed by atoms with Gasteiger partial charge in [-0.15, -0.1) is 0 Å². The number of aryl methyl sites for hydroxylation is 3. The molecule has 0 radical (unpaired) electrons. The molecule has 0 aliphatic heterocycles. The summed E-state index contributed by atoms with van der Waals surface area (Å²) in [5, 5.41) is 0. The predicted octanol–water partition coefficient (Wildman–Crippen LogP) is 3.48. The zero-order valence-corrected chi connectivity index (χ0v) is 10.1. The Kier molecular flexibility index (Phi) is 3.76. The Balaban J connectivity index is 2.03. The monoisotopic (exact) mass is 216 g/mol. The number of hydrogen-bond donors (Lipinski definition) is 0. The molecule has 0 aromatic heterocycles. The van der Waals surface area contributed by atoms with Crippen molar-refractivity contribution in [3.63, 3.8) is 0 Å². The van der Waals surface area contributed by atoms with Crippen LogP contribution in [0.25, 0.3) is 0 Å². The molecular formula is C15H20O.